The molecule has 0 saturated carbocycles. The quantitative estimate of drug-likeness (QED) is 0.333. The Bertz CT molecular complexity index is 542. The predicted molar refractivity (Wildman–Crippen MR) is 111 cm³/mol. The van der Waals surface area contributed by atoms with Gasteiger partial charge in [-0.2, -0.15) is 0 Å². The van der Waals surface area contributed by atoms with Crippen LogP contribution in [-0.4, -0.2) is 29.9 Å². The predicted octanol–water partition coefficient (Wildman–Crippen LogP) is 4.37. The number of rotatable bonds is 16. The van der Waals surface area contributed by atoms with Gasteiger partial charge in [0, 0.05) is 19.6 Å². The number of hydrogen-bond donors (Lipinski definition) is 2. The Morgan fingerprint density at radius 1 is 0.815 bits per heavy atom. The van der Waals surface area contributed by atoms with Crippen LogP contribution in [0.5, 0.6) is 0 Å². The second-order valence-electron chi connectivity index (χ2n) is 7.21. The van der Waals surface area contributed by atoms with Gasteiger partial charge in [-0.05, 0) is 49.7 Å². The molecule has 0 spiro atoms. The number of carbonyl (C=O) groups excluding carboxylic acids is 2. The van der Waals surface area contributed by atoms with Crippen molar-refractivity contribution >= 4 is 11.7 Å². The van der Waals surface area contributed by atoms with E-state index in [1.165, 1.54) is 43.2 Å². The maximum atomic E-state index is 11.4. The summed E-state index contributed by atoms with van der Waals surface area (Å²) in [5.74, 6) is -0.789. The molecule has 1 aromatic carbocycles. The van der Waals surface area contributed by atoms with Crippen LogP contribution in [-0.2, 0) is 22.4 Å². The first-order valence-corrected chi connectivity index (χ1v) is 10.7. The van der Waals surface area contributed by atoms with Gasteiger partial charge in [0.2, 0.25) is 5.78 Å². The Hall–Kier alpha value is -1.68. The zero-order valence-electron chi connectivity index (χ0n) is 17.0. The minimum atomic E-state index is -0.450. The minimum Gasteiger partial charge on any atom is -0.396 e. The van der Waals surface area contributed by atoms with Crippen molar-refractivity contribution in [1.82, 2.24) is 5.32 Å². The summed E-state index contributed by atoms with van der Waals surface area (Å²) < 4.78 is 0. The molecule has 0 heterocycles. The second kappa shape index (κ2) is 15.4. The first-order valence-electron chi connectivity index (χ1n) is 10.7. The SMILES string of the molecule is CCC(=O)C(=O)NCCCCc1ccccc1CCCCCCCCCO. The van der Waals surface area contributed by atoms with E-state index in [1.807, 2.05) is 0 Å². The third-order valence-corrected chi connectivity index (χ3v) is 4.96. The Kier molecular flexibility index (Phi) is 13.3. The van der Waals surface area contributed by atoms with E-state index >= 15 is 0 Å². The van der Waals surface area contributed by atoms with Gasteiger partial charge in [-0.3, -0.25) is 9.59 Å². The largest absolute Gasteiger partial charge is 0.396 e. The summed E-state index contributed by atoms with van der Waals surface area (Å²) in [6.07, 6.45) is 12.7. The fourth-order valence-corrected chi connectivity index (χ4v) is 3.26. The van der Waals surface area contributed by atoms with Gasteiger partial charge in [-0.15, -0.1) is 0 Å². The summed E-state index contributed by atoms with van der Waals surface area (Å²) in [5, 5.41) is 11.5. The number of benzene rings is 1. The first kappa shape index (κ1) is 23.4. The summed E-state index contributed by atoms with van der Waals surface area (Å²) in [6, 6.07) is 8.66. The van der Waals surface area contributed by atoms with Crippen molar-refractivity contribution in [3.63, 3.8) is 0 Å². The fourth-order valence-electron chi connectivity index (χ4n) is 3.26. The Labute approximate surface area is 164 Å². The van der Waals surface area contributed by atoms with Crippen LogP contribution in [0, 0.1) is 0 Å². The van der Waals surface area contributed by atoms with Crippen LogP contribution in [0.2, 0.25) is 0 Å². The van der Waals surface area contributed by atoms with Gasteiger partial charge in [0.1, 0.15) is 0 Å². The van der Waals surface area contributed by atoms with E-state index < -0.39 is 5.91 Å². The van der Waals surface area contributed by atoms with Gasteiger partial charge in [-0.1, -0.05) is 63.3 Å². The van der Waals surface area contributed by atoms with Crippen LogP contribution >= 0.6 is 0 Å². The molecule has 0 aliphatic heterocycles. The molecule has 0 aliphatic rings. The van der Waals surface area contributed by atoms with Gasteiger partial charge >= 0.3 is 0 Å². The first-order chi connectivity index (χ1) is 13.2. The summed E-state index contributed by atoms with van der Waals surface area (Å²) >= 11 is 0. The third-order valence-electron chi connectivity index (χ3n) is 4.96. The van der Waals surface area contributed by atoms with Crippen molar-refractivity contribution < 1.29 is 14.7 Å². The third kappa shape index (κ3) is 10.9. The molecule has 1 rings (SSSR count). The molecule has 0 aliphatic carbocycles. The maximum absolute atomic E-state index is 11.4. The number of aliphatic hydroxyl groups is 1. The second-order valence-corrected chi connectivity index (χ2v) is 7.21. The molecule has 0 bridgehead atoms. The lowest BCUT2D eigenvalue weighted by molar-refractivity contribution is -0.137. The highest BCUT2D eigenvalue weighted by Crippen LogP contribution is 2.16. The molecule has 0 aromatic heterocycles. The van der Waals surface area contributed by atoms with Crippen molar-refractivity contribution in [2.24, 2.45) is 0 Å². The number of aliphatic hydroxyl groups excluding tert-OH is 1. The van der Waals surface area contributed by atoms with Crippen LogP contribution in [0.3, 0.4) is 0 Å². The van der Waals surface area contributed by atoms with Crippen LogP contribution < -0.4 is 5.32 Å². The van der Waals surface area contributed by atoms with Gasteiger partial charge in [0.05, 0.1) is 0 Å². The van der Waals surface area contributed by atoms with Gasteiger partial charge in [-0.25, -0.2) is 0 Å². The molecule has 0 saturated heterocycles. The van der Waals surface area contributed by atoms with E-state index in [-0.39, 0.29) is 12.2 Å². The van der Waals surface area contributed by atoms with Crippen LogP contribution in [0.15, 0.2) is 24.3 Å². The van der Waals surface area contributed by atoms with E-state index in [4.69, 9.17) is 5.11 Å². The molecule has 4 heteroatoms. The standard InChI is InChI=1S/C23H37NO3/c1-2-22(26)23(27)24-18-12-11-17-21-16-10-9-15-20(21)14-8-6-4-3-5-7-13-19-25/h9-10,15-16,25H,2-8,11-14,17-19H2,1H3,(H,24,27). The van der Waals surface area contributed by atoms with Gasteiger partial charge < -0.3 is 10.4 Å². The van der Waals surface area contributed by atoms with E-state index in [0.29, 0.717) is 13.2 Å². The van der Waals surface area contributed by atoms with Gasteiger partial charge in [0.15, 0.2) is 0 Å². The lowest BCUT2D eigenvalue weighted by Crippen LogP contribution is -2.31. The number of carbonyl (C=O) groups is 2. The smallest absolute Gasteiger partial charge is 0.287 e. The topological polar surface area (TPSA) is 66.4 Å². The van der Waals surface area contributed by atoms with Crippen molar-refractivity contribution in [1.29, 1.82) is 0 Å². The highest BCUT2D eigenvalue weighted by atomic mass is 16.3. The molecule has 1 amide bonds. The molecular weight excluding hydrogens is 338 g/mol. The number of aryl methyl sites for hydroxylation is 2. The zero-order chi connectivity index (χ0) is 19.7. The Morgan fingerprint density at radius 2 is 1.33 bits per heavy atom. The van der Waals surface area contributed by atoms with Crippen LogP contribution in [0.4, 0.5) is 0 Å². The highest BCUT2D eigenvalue weighted by Gasteiger charge is 2.09. The molecule has 27 heavy (non-hydrogen) atoms. The van der Waals surface area contributed by atoms with E-state index in [2.05, 4.69) is 29.6 Å². The molecular formula is C23H37NO3. The molecule has 4 nitrogen and oxygen atoms in total. The Balaban J connectivity index is 2.19. The number of Topliss-reactive ketones (excluding diaryl/α,β-unsaturated/α-hetero) is 1. The monoisotopic (exact) mass is 375 g/mol. The van der Waals surface area contributed by atoms with Crippen LogP contribution in [0.25, 0.3) is 0 Å². The summed E-state index contributed by atoms with van der Waals surface area (Å²) in [4.78, 5) is 22.7. The molecule has 0 radical (unpaired) electrons. The van der Waals surface area contributed by atoms with Crippen molar-refractivity contribution in [3.8, 4) is 0 Å². The molecule has 0 unspecified atom stereocenters. The summed E-state index contributed by atoms with van der Waals surface area (Å²) in [5.41, 5.74) is 2.86. The van der Waals surface area contributed by atoms with Crippen molar-refractivity contribution in [2.45, 2.75) is 84.0 Å². The van der Waals surface area contributed by atoms with Crippen molar-refractivity contribution in [2.75, 3.05) is 13.2 Å². The number of hydrogen-bond acceptors (Lipinski definition) is 3. The van der Waals surface area contributed by atoms with Crippen molar-refractivity contribution in [3.05, 3.63) is 35.4 Å². The van der Waals surface area contributed by atoms with E-state index in [9.17, 15) is 9.59 Å². The van der Waals surface area contributed by atoms with E-state index in [0.717, 1.165) is 38.5 Å². The lowest BCUT2D eigenvalue weighted by Gasteiger charge is -2.10. The Morgan fingerprint density at radius 3 is 1.89 bits per heavy atom. The molecule has 0 atom stereocenters. The molecule has 0 fully saturated rings. The normalized spacial score (nSPS) is 10.7. The number of nitrogens with one attached hydrogen (secondary N) is 1. The fraction of sp³-hybridized carbons (Fsp3) is 0.652. The lowest BCUT2D eigenvalue weighted by atomic mass is 9.97. The molecule has 2 N–H and O–H groups in total. The maximum Gasteiger partial charge on any atom is 0.287 e. The number of amides is 1. The zero-order valence-corrected chi connectivity index (χ0v) is 17.0. The van der Waals surface area contributed by atoms with Gasteiger partial charge in [0.25, 0.3) is 5.91 Å². The number of ketones is 1. The average Bonchev–Trinajstić information content (AvgIpc) is 2.69. The molecule has 152 valence electrons. The summed E-state index contributed by atoms with van der Waals surface area (Å²) in [6.45, 7) is 2.60. The van der Waals surface area contributed by atoms with Crippen LogP contribution in [0.1, 0.15) is 82.3 Å². The average molecular weight is 376 g/mol. The summed E-state index contributed by atoms with van der Waals surface area (Å²) in [7, 11) is 0. The van der Waals surface area contributed by atoms with E-state index in [1.54, 1.807) is 6.92 Å². The minimum absolute atomic E-state index is 0.266. The molecule has 1 aromatic rings. The highest BCUT2D eigenvalue weighted by molar-refractivity contribution is 6.36. The number of unbranched alkanes of at least 4 members (excludes halogenated alkanes) is 7.